The van der Waals surface area contributed by atoms with E-state index in [1.807, 2.05) is 109 Å². The fraction of sp³-hybridized carbons (Fsp3) is 0.0588. The van der Waals surface area contributed by atoms with Crippen LogP contribution in [-0.2, 0) is 0 Å². The molecule has 0 aromatic heterocycles. The molecule has 198 valence electrons. The second-order valence-electron chi connectivity index (χ2n) is 9.07. The minimum Gasteiger partial charge on any atom is -0.507 e. The van der Waals surface area contributed by atoms with Crippen molar-refractivity contribution in [1.29, 1.82) is 0 Å². The number of ether oxygens (including phenoxy) is 4. The van der Waals surface area contributed by atoms with E-state index in [4.69, 9.17) is 18.9 Å². The van der Waals surface area contributed by atoms with Crippen molar-refractivity contribution in [3.05, 3.63) is 121 Å². The van der Waals surface area contributed by atoms with E-state index in [0.29, 0.717) is 55.7 Å². The van der Waals surface area contributed by atoms with Gasteiger partial charge in [-0.2, -0.15) is 0 Å². The number of phenolic OH excluding ortho intramolecular Hbond substituents is 2. The molecule has 0 atom stereocenters. The van der Waals surface area contributed by atoms with Crippen molar-refractivity contribution in [3.8, 4) is 45.6 Å². The van der Waals surface area contributed by atoms with E-state index in [9.17, 15) is 10.2 Å². The standard InChI is InChI=1S/C34H26O6/c35-33-27-17-9-7-15-25(27)31(39-21-37-23-11-3-1-4-12-23)19-29(33)30-20-32(26-16-8-10-18-28(26)34(30)36)40-22-38-24-13-5-2-6-14-24/h1-20,35-36H,21-22H2. The van der Waals surface area contributed by atoms with Gasteiger partial charge < -0.3 is 29.2 Å². The molecule has 0 saturated carbocycles. The van der Waals surface area contributed by atoms with Crippen LogP contribution in [0.5, 0.6) is 34.5 Å². The van der Waals surface area contributed by atoms with E-state index in [0.717, 1.165) is 0 Å². The van der Waals surface area contributed by atoms with Crippen LogP contribution in [0.15, 0.2) is 121 Å². The number of hydrogen-bond donors (Lipinski definition) is 2. The highest BCUT2D eigenvalue weighted by Crippen LogP contribution is 2.48. The topological polar surface area (TPSA) is 77.4 Å². The minimum absolute atomic E-state index is 0.0176. The largest absolute Gasteiger partial charge is 0.507 e. The molecule has 0 radical (unpaired) electrons. The van der Waals surface area contributed by atoms with Crippen LogP contribution in [0.1, 0.15) is 0 Å². The fourth-order valence-corrected chi connectivity index (χ4v) is 4.66. The van der Waals surface area contributed by atoms with E-state index in [1.54, 1.807) is 12.1 Å². The van der Waals surface area contributed by atoms with Crippen LogP contribution in [0.25, 0.3) is 32.7 Å². The molecule has 0 bridgehead atoms. The number of fused-ring (bicyclic) bond motifs is 2. The summed E-state index contributed by atoms with van der Waals surface area (Å²) >= 11 is 0. The Kier molecular flexibility index (Phi) is 6.97. The molecular weight excluding hydrogens is 504 g/mol. The van der Waals surface area contributed by atoms with E-state index >= 15 is 0 Å². The molecule has 6 aromatic carbocycles. The monoisotopic (exact) mass is 530 g/mol. The number of benzene rings is 6. The van der Waals surface area contributed by atoms with E-state index in [1.165, 1.54) is 0 Å². The molecule has 0 unspecified atom stereocenters. The first kappa shape index (κ1) is 24.9. The minimum atomic E-state index is -0.0346. The van der Waals surface area contributed by atoms with Gasteiger partial charge in [0.25, 0.3) is 0 Å². The molecule has 0 aliphatic heterocycles. The predicted molar refractivity (Wildman–Crippen MR) is 155 cm³/mol. The summed E-state index contributed by atoms with van der Waals surface area (Å²) in [6.45, 7) is -0.0692. The van der Waals surface area contributed by atoms with Crippen molar-refractivity contribution in [1.82, 2.24) is 0 Å². The van der Waals surface area contributed by atoms with Gasteiger partial charge in [0.2, 0.25) is 13.6 Å². The molecular formula is C34H26O6. The fourth-order valence-electron chi connectivity index (χ4n) is 4.66. The van der Waals surface area contributed by atoms with Gasteiger partial charge in [0.05, 0.1) is 0 Å². The Hall–Kier alpha value is -5.36. The average Bonchev–Trinajstić information content (AvgIpc) is 3.01. The van der Waals surface area contributed by atoms with Gasteiger partial charge in [-0.15, -0.1) is 0 Å². The van der Waals surface area contributed by atoms with Gasteiger partial charge in [-0.05, 0) is 36.4 Å². The molecule has 6 aromatic rings. The molecule has 6 rings (SSSR count). The van der Waals surface area contributed by atoms with Gasteiger partial charge in [0, 0.05) is 32.7 Å². The zero-order chi connectivity index (χ0) is 27.3. The third-order valence-electron chi connectivity index (χ3n) is 6.61. The maximum atomic E-state index is 11.4. The van der Waals surface area contributed by atoms with Crippen molar-refractivity contribution in [3.63, 3.8) is 0 Å². The summed E-state index contributed by atoms with van der Waals surface area (Å²) in [5, 5.41) is 25.4. The second-order valence-corrected chi connectivity index (χ2v) is 9.07. The first-order valence-electron chi connectivity index (χ1n) is 12.8. The van der Waals surface area contributed by atoms with E-state index in [-0.39, 0.29) is 25.1 Å². The molecule has 0 spiro atoms. The summed E-state index contributed by atoms with van der Waals surface area (Å²) in [4.78, 5) is 0. The molecule has 0 amide bonds. The van der Waals surface area contributed by atoms with Crippen LogP contribution in [0.4, 0.5) is 0 Å². The molecule has 0 saturated heterocycles. The number of para-hydroxylation sites is 2. The Labute approximate surface area is 231 Å². The molecule has 0 aliphatic carbocycles. The SMILES string of the molecule is Oc1c(-c2cc(OCOc3ccccc3)c3ccccc3c2O)cc(OCOc2ccccc2)c2ccccc12. The molecule has 0 heterocycles. The number of aromatic hydroxyl groups is 2. The Morgan fingerprint density at radius 2 is 0.750 bits per heavy atom. The number of hydrogen-bond acceptors (Lipinski definition) is 6. The lowest BCUT2D eigenvalue weighted by Gasteiger charge is -2.18. The molecule has 2 N–H and O–H groups in total. The highest BCUT2D eigenvalue weighted by molar-refractivity contribution is 6.04. The molecule has 6 nitrogen and oxygen atoms in total. The molecule has 6 heteroatoms. The maximum absolute atomic E-state index is 11.4. The van der Waals surface area contributed by atoms with Crippen LogP contribution in [0.2, 0.25) is 0 Å². The lowest BCUT2D eigenvalue weighted by Crippen LogP contribution is -2.06. The van der Waals surface area contributed by atoms with Crippen LogP contribution in [0, 0.1) is 0 Å². The molecule has 40 heavy (non-hydrogen) atoms. The van der Waals surface area contributed by atoms with Crippen molar-refractivity contribution in [2.24, 2.45) is 0 Å². The van der Waals surface area contributed by atoms with Crippen molar-refractivity contribution >= 4 is 21.5 Å². The van der Waals surface area contributed by atoms with Gasteiger partial charge in [-0.3, -0.25) is 0 Å². The first-order chi connectivity index (χ1) is 19.7. The second kappa shape index (κ2) is 11.2. The first-order valence-corrected chi connectivity index (χ1v) is 12.8. The van der Waals surface area contributed by atoms with Crippen LogP contribution in [-0.4, -0.2) is 23.8 Å². The lowest BCUT2D eigenvalue weighted by molar-refractivity contribution is 0.121. The summed E-state index contributed by atoms with van der Waals surface area (Å²) in [6.07, 6.45) is 0. The quantitative estimate of drug-likeness (QED) is 0.185. The Balaban J connectivity index is 1.39. The molecule has 0 aliphatic rings. The van der Waals surface area contributed by atoms with Crippen molar-refractivity contribution in [2.75, 3.05) is 13.6 Å². The van der Waals surface area contributed by atoms with Crippen LogP contribution >= 0.6 is 0 Å². The van der Waals surface area contributed by atoms with Gasteiger partial charge in [0.15, 0.2) is 0 Å². The summed E-state index contributed by atoms with van der Waals surface area (Å²) in [6, 6.07) is 36.9. The summed E-state index contributed by atoms with van der Waals surface area (Å²) < 4.78 is 23.6. The highest BCUT2D eigenvalue weighted by atomic mass is 16.7. The Morgan fingerprint density at radius 1 is 0.400 bits per heavy atom. The summed E-state index contributed by atoms with van der Waals surface area (Å²) in [7, 11) is 0. The van der Waals surface area contributed by atoms with Gasteiger partial charge in [0.1, 0.15) is 34.5 Å². The smallest absolute Gasteiger partial charge is 0.230 e. The van der Waals surface area contributed by atoms with Crippen LogP contribution < -0.4 is 18.9 Å². The third-order valence-corrected chi connectivity index (χ3v) is 6.61. The van der Waals surface area contributed by atoms with Crippen LogP contribution in [0.3, 0.4) is 0 Å². The summed E-state index contributed by atoms with van der Waals surface area (Å²) in [5.41, 5.74) is 0.788. The van der Waals surface area contributed by atoms with Gasteiger partial charge >= 0.3 is 0 Å². The van der Waals surface area contributed by atoms with Crippen molar-refractivity contribution in [2.45, 2.75) is 0 Å². The zero-order valence-electron chi connectivity index (χ0n) is 21.5. The average molecular weight is 531 g/mol. The van der Waals surface area contributed by atoms with Crippen molar-refractivity contribution < 1.29 is 29.2 Å². The lowest BCUT2D eigenvalue weighted by atomic mass is 9.95. The third kappa shape index (κ3) is 5.02. The highest BCUT2D eigenvalue weighted by Gasteiger charge is 2.20. The van der Waals surface area contributed by atoms with E-state index in [2.05, 4.69) is 0 Å². The maximum Gasteiger partial charge on any atom is 0.230 e. The normalized spacial score (nSPS) is 10.9. The molecule has 0 fully saturated rings. The summed E-state index contributed by atoms with van der Waals surface area (Å²) in [5.74, 6) is 2.39. The zero-order valence-corrected chi connectivity index (χ0v) is 21.5. The Morgan fingerprint density at radius 3 is 1.15 bits per heavy atom. The van der Waals surface area contributed by atoms with Gasteiger partial charge in [-0.25, -0.2) is 0 Å². The number of rotatable bonds is 9. The van der Waals surface area contributed by atoms with Gasteiger partial charge in [-0.1, -0.05) is 84.9 Å². The number of phenols is 2. The predicted octanol–water partition coefficient (Wildman–Crippen LogP) is 7.90. The Bertz CT molecular complexity index is 1630. The van der Waals surface area contributed by atoms with E-state index < -0.39 is 0 Å².